The summed E-state index contributed by atoms with van der Waals surface area (Å²) < 4.78 is 64.0. The summed E-state index contributed by atoms with van der Waals surface area (Å²) in [6, 6.07) is 14.6. The predicted molar refractivity (Wildman–Crippen MR) is 191 cm³/mol. The Hall–Kier alpha value is -4.86. The van der Waals surface area contributed by atoms with Gasteiger partial charge in [0, 0.05) is 38.3 Å². The highest BCUT2D eigenvalue weighted by atomic mass is 19.2. The van der Waals surface area contributed by atoms with E-state index >= 15 is 0 Å². The molecule has 10 heteroatoms. The lowest BCUT2D eigenvalue weighted by atomic mass is 10.1. The zero-order chi connectivity index (χ0) is 36.1. The highest BCUT2D eigenvalue weighted by Crippen LogP contribution is 2.33. The van der Waals surface area contributed by atoms with E-state index in [4.69, 9.17) is 9.47 Å². The molecule has 0 saturated heterocycles. The number of hydrogen-bond acceptors (Lipinski definition) is 4. The minimum Gasteiger partial charge on any atom is -0.457 e. The van der Waals surface area contributed by atoms with Gasteiger partial charge in [-0.2, -0.15) is 0 Å². The third-order valence-corrected chi connectivity index (χ3v) is 7.67. The fourth-order valence-corrected chi connectivity index (χ4v) is 4.64. The number of aliphatic imine (C=N–C) groups is 2. The largest absolute Gasteiger partial charge is 0.457 e. The topological polar surface area (TPSA) is 49.7 Å². The fraction of sp³-hybridized carbons (Fsp3) is 0.333. The molecule has 4 rings (SSSR count). The maximum atomic E-state index is 13.3. The summed E-state index contributed by atoms with van der Waals surface area (Å²) in [6.07, 6.45) is 4.76. The van der Waals surface area contributed by atoms with Crippen LogP contribution >= 0.6 is 0 Å². The van der Waals surface area contributed by atoms with Gasteiger partial charge in [0.15, 0.2) is 23.3 Å². The van der Waals surface area contributed by atoms with E-state index in [2.05, 4.69) is 47.5 Å². The van der Waals surface area contributed by atoms with Crippen LogP contribution in [-0.4, -0.2) is 48.7 Å². The average molecular weight is 679 g/mol. The van der Waals surface area contributed by atoms with Crippen molar-refractivity contribution in [1.82, 2.24) is 9.80 Å². The summed E-state index contributed by atoms with van der Waals surface area (Å²) in [4.78, 5) is 13.3. The zero-order valence-electron chi connectivity index (χ0n) is 29.6. The van der Waals surface area contributed by atoms with Crippen LogP contribution in [0.5, 0.6) is 23.0 Å². The maximum Gasteiger partial charge on any atom is 0.162 e. The van der Waals surface area contributed by atoms with Crippen LogP contribution < -0.4 is 9.47 Å². The molecule has 6 nitrogen and oxygen atoms in total. The first kappa shape index (κ1) is 38.6. The average Bonchev–Trinajstić information content (AvgIpc) is 3.07. The highest BCUT2D eigenvalue weighted by molar-refractivity contribution is 5.66. The first-order chi connectivity index (χ1) is 23.4. The summed E-state index contributed by atoms with van der Waals surface area (Å²) in [7, 11) is 0. The van der Waals surface area contributed by atoms with Gasteiger partial charge in [0.1, 0.15) is 23.0 Å². The van der Waals surface area contributed by atoms with E-state index in [9.17, 15) is 17.6 Å². The number of nitrogens with zero attached hydrogens (tertiary/aromatic N) is 4. The standard InChI is InChI=1S/C20H24F2N2O.C19H22F2N2O/c1-5-9-24(6-2)13-23-19-10-15(4)20(11-14(19)3)25-16-7-8-17(21)18(22)12-16;1-5-23(6-2)12-22-18-9-14(4)19(10-13(18)3)24-15-7-8-16(20)17(21)11-15/h7-8,10-13H,5-6,9H2,1-4H3;7-12H,5-6H2,1-4H3. The van der Waals surface area contributed by atoms with E-state index in [1.165, 1.54) is 12.1 Å². The van der Waals surface area contributed by atoms with Crippen LogP contribution in [0.25, 0.3) is 0 Å². The van der Waals surface area contributed by atoms with Gasteiger partial charge in [0.2, 0.25) is 0 Å². The van der Waals surface area contributed by atoms with Gasteiger partial charge >= 0.3 is 0 Å². The lowest BCUT2D eigenvalue weighted by Crippen LogP contribution is -2.21. The molecule has 49 heavy (non-hydrogen) atoms. The third-order valence-electron chi connectivity index (χ3n) is 7.67. The molecule has 4 aromatic carbocycles. The molecule has 0 amide bonds. The van der Waals surface area contributed by atoms with Crippen molar-refractivity contribution in [1.29, 1.82) is 0 Å². The lowest BCUT2D eigenvalue weighted by molar-refractivity contribution is 0.452. The monoisotopic (exact) mass is 678 g/mol. The summed E-state index contributed by atoms with van der Waals surface area (Å²) in [6.45, 7) is 19.7. The number of hydrogen-bond donors (Lipinski definition) is 0. The normalized spacial score (nSPS) is 11.1. The SMILES string of the molecule is CCCN(C=Nc1cc(C)c(Oc2ccc(F)c(F)c2)cc1C)CC.CCN(C=Nc1cc(C)c(Oc2ccc(F)c(F)c2)cc1C)CC. The van der Waals surface area contributed by atoms with E-state index in [0.717, 1.165) is 90.5 Å². The second-order valence-corrected chi connectivity index (χ2v) is 11.5. The van der Waals surface area contributed by atoms with Gasteiger partial charge in [-0.25, -0.2) is 27.5 Å². The quantitative estimate of drug-likeness (QED) is 0.0802. The molecule has 0 unspecified atom stereocenters. The van der Waals surface area contributed by atoms with E-state index in [1.807, 2.05) is 64.6 Å². The van der Waals surface area contributed by atoms with Gasteiger partial charge in [-0.15, -0.1) is 0 Å². The summed E-state index contributed by atoms with van der Waals surface area (Å²) in [5.41, 5.74) is 5.37. The molecule has 0 heterocycles. The Labute approximate surface area is 287 Å². The second kappa shape index (κ2) is 18.6. The van der Waals surface area contributed by atoms with Gasteiger partial charge in [-0.1, -0.05) is 6.92 Å². The van der Waals surface area contributed by atoms with Crippen molar-refractivity contribution in [3.05, 3.63) is 106 Å². The minimum atomic E-state index is -0.928. The smallest absolute Gasteiger partial charge is 0.162 e. The van der Waals surface area contributed by atoms with Crippen molar-refractivity contribution in [2.24, 2.45) is 9.98 Å². The van der Waals surface area contributed by atoms with Crippen molar-refractivity contribution in [3.63, 3.8) is 0 Å². The van der Waals surface area contributed by atoms with Crippen LogP contribution in [0.15, 0.2) is 70.6 Å². The second-order valence-electron chi connectivity index (χ2n) is 11.5. The first-order valence-corrected chi connectivity index (χ1v) is 16.4. The fourth-order valence-electron chi connectivity index (χ4n) is 4.64. The molecule has 0 aliphatic heterocycles. The molecule has 0 N–H and O–H groups in total. The van der Waals surface area contributed by atoms with Gasteiger partial charge in [-0.05, 0) is 126 Å². The summed E-state index contributed by atoms with van der Waals surface area (Å²) in [5, 5.41) is 0. The van der Waals surface area contributed by atoms with Crippen molar-refractivity contribution in [2.75, 3.05) is 26.2 Å². The number of rotatable bonds is 13. The molecule has 0 spiro atoms. The van der Waals surface area contributed by atoms with E-state index in [1.54, 1.807) is 0 Å². The van der Waals surface area contributed by atoms with Crippen LogP contribution in [0.3, 0.4) is 0 Å². The molecule has 0 bridgehead atoms. The predicted octanol–water partition coefficient (Wildman–Crippen LogP) is 11.1. The molecule has 0 atom stereocenters. The van der Waals surface area contributed by atoms with Crippen LogP contribution in [0.4, 0.5) is 28.9 Å². The summed E-state index contributed by atoms with van der Waals surface area (Å²) in [5.74, 6) is -1.92. The molecule has 0 saturated carbocycles. The Morgan fingerprint density at radius 1 is 0.531 bits per heavy atom. The Balaban J connectivity index is 0.000000266. The summed E-state index contributed by atoms with van der Waals surface area (Å²) >= 11 is 0. The maximum absolute atomic E-state index is 13.3. The molecule has 0 aromatic heterocycles. The Bertz CT molecular complexity index is 1760. The highest BCUT2D eigenvalue weighted by Gasteiger charge is 2.11. The van der Waals surface area contributed by atoms with E-state index < -0.39 is 23.3 Å². The van der Waals surface area contributed by atoms with Gasteiger partial charge < -0.3 is 19.3 Å². The molecular weight excluding hydrogens is 632 g/mol. The Morgan fingerprint density at radius 3 is 1.31 bits per heavy atom. The van der Waals surface area contributed by atoms with Crippen LogP contribution in [0.2, 0.25) is 0 Å². The molecular formula is C39H46F4N4O2. The van der Waals surface area contributed by atoms with Crippen LogP contribution in [0, 0.1) is 51.0 Å². The van der Waals surface area contributed by atoms with Gasteiger partial charge in [0.05, 0.1) is 24.1 Å². The van der Waals surface area contributed by atoms with E-state index in [0.29, 0.717) is 11.5 Å². The lowest BCUT2D eigenvalue weighted by Gasteiger charge is -2.16. The molecule has 0 fully saturated rings. The molecule has 0 aliphatic rings. The minimum absolute atomic E-state index is 0.260. The Morgan fingerprint density at radius 2 is 0.939 bits per heavy atom. The van der Waals surface area contributed by atoms with E-state index in [-0.39, 0.29) is 11.5 Å². The van der Waals surface area contributed by atoms with Gasteiger partial charge in [0.25, 0.3) is 0 Å². The zero-order valence-corrected chi connectivity index (χ0v) is 29.6. The first-order valence-electron chi connectivity index (χ1n) is 16.4. The van der Waals surface area contributed by atoms with Crippen molar-refractivity contribution >= 4 is 24.1 Å². The number of aryl methyl sites for hydroxylation is 4. The Kier molecular flexibility index (Phi) is 14.7. The molecule has 4 aromatic rings. The molecule has 0 radical (unpaired) electrons. The number of halogens is 4. The van der Waals surface area contributed by atoms with Crippen molar-refractivity contribution in [3.8, 4) is 23.0 Å². The van der Waals surface area contributed by atoms with Crippen molar-refractivity contribution in [2.45, 2.75) is 61.8 Å². The van der Waals surface area contributed by atoms with Gasteiger partial charge in [-0.3, -0.25) is 0 Å². The van der Waals surface area contributed by atoms with Crippen LogP contribution in [0.1, 0.15) is 56.4 Å². The third kappa shape index (κ3) is 11.4. The number of benzene rings is 4. The molecule has 0 aliphatic carbocycles. The number of ether oxygens (including phenoxy) is 2. The molecule has 262 valence electrons. The van der Waals surface area contributed by atoms with Crippen molar-refractivity contribution < 1.29 is 27.0 Å². The van der Waals surface area contributed by atoms with Crippen LogP contribution in [-0.2, 0) is 0 Å².